The van der Waals surface area contributed by atoms with Gasteiger partial charge in [-0.15, -0.1) is 0 Å². The Kier molecular flexibility index (Phi) is 12.0. The SMILES string of the molecule is Cc1ccccc1-c1ccccc1C1CC=CC(C2C=C(N(c3ccc(-c4ccc(C5CCCCC5)cc4)cc3)c3cc4c(cc3C)C3CCCCC(C3)C4(C)C)C=CC2)C(C)C1. The van der Waals surface area contributed by atoms with E-state index >= 15 is 0 Å². The van der Waals surface area contributed by atoms with Crippen LogP contribution in [0.3, 0.4) is 0 Å². The number of benzene rings is 5. The molecule has 0 spiro atoms. The van der Waals surface area contributed by atoms with Gasteiger partial charge in [-0.1, -0.05) is 168 Å². The zero-order valence-electron chi connectivity index (χ0n) is 39.0. The fourth-order valence-corrected chi connectivity index (χ4v) is 13.2. The third-order valence-electron chi connectivity index (χ3n) is 16.9. The summed E-state index contributed by atoms with van der Waals surface area (Å²) in [7, 11) is 0. The van der Waals surface area contributed by atoms with Crippen molar-refractivity contribution < 1.29 is 0 Å². The van der Waals surface area contributed by atoms with Crippen molar-refractivity contribution in [1.82, 2.24) is 0 Å². The van der Waals surface area contributed by atoms with Crippen LogP contribution in [0, 0.1) is 37.5 Å². The molecular formula is C62H71N. The summed E-state index contributed by atoms with van der Waals surface area (Å²) in [4.78, 5) is 2.63. The van der Waals surface area contributed by atoms with Crippen molar-refractivity contribution in [1.29, 1.82) is 0 Å². The average molecular weight is 830 g/mol. The Morgan fingerprint density at radius 2 is 1.27 bits per heavy atom. The van der Waals surface area contributed by atoms with Crippen LogP contribution in [0.5, 0.6) is 0 Å². The van der Waals surface area contributed by atoms with Crippen LogP contribution in [-0.4, -0.2) is 0 Å². The molecule has 6 atom stereocenters. The second kappa shape index (κ2) is 17.9. The molecule has 5 aromatic rings. The molecule has 2 fully saturated rings. The highest BCUT2D eigenvalue weighted by Crippen LogP contribution is 2.54. The minimum absolute atomic E-state index is 0.159. The smallest absolute Gasteiger partial charge is 0.0493 e. The molecule has 324 valence electrons. The summed E-state index contributed by atoms with van der Waals surface area (Å²) in [6.07, 6.45) is 29.7. The molecule has 10 rings (SSSR count). The van der Waals surface area contributed by atoms with Gasteiger partial charge in [-0.05, 0) is 192 Å². The number of anilines is 2. The number of nitrogens with zero attached hydrogens (tertiary/aromatic N) is 1. The van der Waals surface area contributed by atoms with Gasteiger partial charge in [-0.25, -0.2) is 0 Å². The predicted octanol–water partition coefficient (Wildman–Crippen LogP) is 17.6. The van der Waals surface area contributed by atoms with Gasteiger partial charge >= 0.3 is 0 Å². The molecular weight excluding hydrogens is 759 g/mol. The van der Waals surface area contributed by atoms with Crippen LogP contribution in [0.4, 0.5) is 11.4 Å². The van der Waals surface area contributed by atoms with Crippen LogP contribution >= 0.6 is 0 Å². The minimum atomic E-state index is 0.159. The van der Waals surface area contributed by atoms with Crippen LogP contribution in [0.25, 0.3) is 22.3 Å². The largest absolute Gasteiger partial charge is 0.311 e. The van der Waals surface area contributed by atoms with E-state index in [1.165, 1.54) is 132 Å². The lowest BCUT2D eigenvalue weighted by Crippen LogP contribution is -2.35. The molecule has 5 aromatic carbocycles. The summed E-state index contributed by atoms with van der Waals surface area (Å²) in [5.74, 6) is 4.15. The van der Waals surface area contributed by atoms with E-state index in [0.717, 1.165) is 24.7 Å². The Morgan fingerprint density at radius 1 is 0.587 bits per heavy atom. The Bertz CT molecular complexity index is 2490. The van der Waals surface area contributed by atoms with E-state index in [1.807, 2.05) is 0 Å². The van der Waals surface area contributed by atoms with Crippen molar-refractivity contribution in [2.24, 2.45) is 23.7 Å². The lowest BCUT2D eigenvalue weighted by Gasteiger charge is -2.44. The van der Waals surface area contributed by atoms with E-state index in [2.05, 4.69) is 179 Å². The Balaban J connectivity index is 0.992. The molecule has 5 aliphatic carbocycles. The number of hydrogen-bond acceptors (Lipinski definition) is 1. The maximum absolute atomic E-state index is 2.66. The Morgan fingerprint density at radius 3 is 2.05 bits per heavy atom. The first-order valence-electron chi connectivity index (χ1n) is 25.1. The van der Waals surface area contributed by atoms with Crippen LogP contribution in [0.15, 0.2) is 145 Å². The van der Waals surface area contributed by atoms with E-state index in [0.29, 0.717) is 29.6 Å². The van der Waals surface area contributed by atoms with Gasteiger partial charge in [0.25, 0.3) is 0 Å². The summed E-state index contributed by atoms with van der Waals surface area (Å²) < 4.78 is 0. The van der Waals surface area contributed by atoms with Crippen LogP contribution < -0.4 is 4.90 Å². The third kappa shape index (κ3) is 8.36. The van der Waals surface area contributed by atoms with Crippen molar-refractivity contribution in [2.45, 2.75) is 141 Å². The van der Waals surface area contributed by atoms with Gasteiger partial charge in [0.05, 0.1) is 0 Å². The molecule has 0 aliphatic heterocycles. The maximum atomic E-state index is 2.66. The lowest BCUT2D eigenvalue weighted by atomic mass is 9.61. The topological polar surface area (TPSA) is 3.24 Å². The first-order valence-corrected chi connectivity index (χ1v) is 25.1. The molecule has 0 N–H and O–H groups in total. The van der Waals surface area contributed by atoms with Crippen molar-refractivity contribution in [3.8, 4) is 22.3 Å². The fraction of sp³-hybridized carbons (Fsp3) is 0.419. The summed E-state index contributed by atoms with van der Waals surface area (Å²) in [5, 5.41) is 0. The molecule has 1 heteroatoms. The molecule has 0 aromatic heterocycles. The third-order valence-corrected chi connectivity index (χ3v) is 16.9. The zero-order valence-corrected chi connectivity index (χ0v) is 39.0. The van der Waals surface area contributed by atoms with Gasteiger partial charge < -0.3 is 4.90 Å². The number of rotatable bonds is 8. The Labute approximate surface area is 380 Å². The van der Waals surface area contributed by atoms with Gasteiger partial charge in [0, 0.05) is 17.1 Å². The normalized spacial score (nSPS) is 25.7. The first kappa shape index (κ1) is 42.1. The zero-order chi connectivity index (χ0) is 43.1. The highest BCUT2D eigenvalue weighted by Gasteiger charge is 2.42. The molecule has 0 heterocycles. The maximum Gasteiger partial charge on any atom is 0.0493 e. The van der Waals surface area contributed by atoms with E-state index < -0.39 is 0 Å². The summed E-state index contributed by atoms with van der Waals surface area (Å²) in [5.41, 5.74) is 18.5. The molecule has 0 saturated heterocycles. The van der Waals surface area contributed by atoms with Crippen molar-refractivity contribution in [3.63, 3.8) is 0 Å². The van der Waals surface area contributed by atoms with E-state index in [4.69, 9.17) is 0 Å². The van der Waals surface area contributed by atoms with E-state index in [1.54, 1.807) is 11.1 Å². The molecule has 2 saturated carbocycles. The molecule has 1 nitrogen and oxygen atoms in total. The van der Waals surface area contributed by atoms with Gasteiger partial charge in [-0.2, -0.15) is 0 Å². The molecule has 5 aliphatic rings. The summed E-state index contributed by atoms with van der Waals surface area (Å²) in [6, 6.07) is 42.5. The molecule has 2 bridgehead atoms. The van der Waals surface area contributed by atoms with Gasteiger partial charge in [0.2, 0.25) is 0 Å². The van der Waals surface area contributed by atoms with Crippen LogP contribution in [-0.2, 0) is 5.41 Å². The number of fused-ring (bicyclic) bond motifs is 4. The highest BCUT2D eigenvalue weighted by atomic mass is 15.1. The monoisotopic (exact) mass is 830 g/mol. The van der Waals surface area contributed by atoms with Gasteiger partial charge in [-0.3, -0.25) is 0 Å². The minimum Gasteiger partial charge on any atom is -0.311 e. The number of aryl methyl sites for hydroxylation is 2. The van der Waals surface area contributed by atoms with Crippen LogP contribution in [0.1, 0.15) is 155 Å². The van der Waals surface area contributed by atoms with Crippen molar-refractivity contribution >= 4 is 11.4 Å². The number of hydrogen-bond donors (Lipinski definition) is 0. The summed E-state index contributed by atoms with van der Waals surface area (Å²) >= 11 is 0. The van der Waals surface area contributed by atoms with E-state index in [-0.39, 0.29) is 5.41 Å². The molecule has 0 amide bonds. The van der Waals surface area contributed by atoms with Crippen molar-refractivity contribution in [2.75, 3.05) is 4.90 Å². The first-order chi connectivity index (χ1) is 30.7. The van der Waals surface area contributed by atoms with E-state index in [9.17, 15) is 0 Å². The Hall–Kier alpha value is -4.88. The highest BCUT2D eigenvalue weighted by molar-refractivity contribution is 5.77. The van der Waals surface area contributed by atoms with Gasteiger partial charge in [0.15, 0.2) is 0 Å². The quantitative estimate of drug-likeness (QED) is 0.141. The second-order valence-corrected chi connectivity index (χ2v) is 21.1. The second-order valence-electron chi connectivity index (χ2n) is 21.1. The van der Waals surface area contributed by atoms with Crippen LogP contribution in [0.2, 0.25) is 0 Å². The fourth-order valence-electron chi connectivity index (χ4n) is 13.2. The standard InChI is InChI=1S/C62H71N/c1-42-17-9-12-25-56(42)58-27-14-13-26-57(58)49-22-16-28-55(43(2)37-49)51-21-15-24-54(40-51)63(61-41-60-59(38-44(61)3)50-20-10-11-23-52(39-50)62(60,4)5)53-35-33-48(34-36-53)47-31-29-46(30-32-47)45-18-7-6-8-19-45/h9,12-17,24-36,38,40-41,43,45,49-52,55H,6-8,10-11,18-23,37,39H2,1-5H3. The molecule has 0 radical (unpaired) electrons. The predicted molar refractivity (Wildman–Crippen MR) is 269 cm³/mol. The molecule has 6 unspecified atom stereocenters. The summed E-state index contributed by atoms with van der Waals surface area (Å²) in [6.45, 7) is 12.3. The average Bonchev–Trinajstić information content (AvgIpc) is 3.68. The molecule has 63 heavy (non-hydrogen) atoms. The van der Waals surface area contributed by atoms with Crippen molar-refractivity contribution in [3.05, 3.63) is 179 Å². The lowest BCUT2D eigenvalue weighted by molar-refractivity contribution is 0.251. The number of allylic oxidation sites excluding steroid dienone is 5. The van der Waals surface area contributed by atoms with Gasteiger partial charge in [0.1, 0.15) is 0 Å².